The van der Waals surface area contributed by atoms with Gasteiger partial charge in [0.15, 0.2) is 0 Å². The van der Waals surface area contributed by atoms with Crippen LogP contribution in [0.5, 0.6) is 5.75 Å². The number of nitrogens with zero attached hydrogens (tertiary/aromatic N) is 2. The van der Waals surface area contributed by atoms with Gasteiger partial charge in [-0.2, -0.15) is 0 Å². The van der Waals surface area contributed by atoms with Gasteiger partial charge in [-0.25, -0.2) is 4.98 Å². The van der Waals surface area contributed by atoms with Gasteiger partial charge < -0.3 is 15.0 Å². The number of carbonyl (C=O) groups is 1. The van der Waals surface area contributed by atoms with Gasteiger partial charge in [0, 0.05) is 30.6 Å². The monoisotopic (exact) mass is 413 g/mol. The van der Waals surface area contributed by atoms with Crippen molar-refractivity contribution in [1.82, 2.24) is 14.9 Å². The minimum atomic E-state index is 0. The molecule has 1 aliphatic rings. The molecule has 158 valence electrons. The number of phenolic OH excluding ortho intramolecular Hbond substituents is 1. The Bertz CT molecular complexity index is 1170. The Morgan fingerprint density at radius 2 is 1.61 bits per heavy atom. The van der Waals surface area contributed by atoms with Gasteiger partial charge in [-0.05, 0) is 48.2 Å². The Morgan fingerprint density at radius 1 is 0.935 bits per heavy atom. The van der Waals surface area contributed by atoms with E-state index in [1.54, 1.807) is 12.1 Å². The van der Waals surface area contributed by atoms with Crippen molar-refractivity contribution in [3.63, 3.8) is 0 Å². The largest absolute Gasteiger partial charge is 0.508 e. The van der Waals surface area contributed by atoms with Crippen LogP contribution in [0.2, 0.25) is 0 Å². The van der Waals surface area contributed by atoms with Crippen LogP contribution >= 0.6 is 0 Å². The first-order valence-corrected chi connectivity index (χ1v) is 10.3. The number of H-pyrrole nitrogens is 1. The molecule has 2 N–H and O–H groups in total. The predicted molar refractivity (Wildman–Crippen MR) is 124 cm³/mol. The van der Waals surface area contributed by atoms with Crippen molar-refractivity contribution >= 4 is 16.9 Å². The highest BCUT2D eigenvalue weighted by Gasteiger charge is 2.26. The van der Waals surface area contributed by atoms with Crippen LogP contribution in [0, 0.1) is 0 Å². The average molecular weight is 414 g/mol. The number of aromatic amines is 1. The number of aromatic hydroxyl groups is 1. The Kier molecular flexibility index (Phi) is 5.76. The van der Waals surface area contributed by atoms with Crippen LogP contribution in [0.25, 0.3) is 22.2 Å². The van der Waals surface area contributed by atoms with Gasteiger partial charge in [-0.3, -0.25) is 4.79 Å². The molecule has 1 amide bonds. The number of hydrogen-bond acceptors (Lipinski definition) is 3. The number of imidazole rings is 1. The SMILES string of the molecule is C.O=C(c1ccc(-c2ccccc2)cc1)N1CCC(c2nc3ccc(O)cc3[nH]2)CC1. The fraction of sp³-hybridized carbons (Fsp3) is 0.231. The number of carbonyl (C=O) groups excluding carboxylic acids is 1. The van der Waals surface area contributed by atoms with Gasteiger partial charge in [0.2, 0.25) is 0 Å². The van der Waals surface area contributed by atoms with Crippen molar-refractivity contribution < 1.29 is 9.90 Å². The summed E-state index contributed by atoms with van der Waals surface area (Å²) in [6, 6.07) is 23.2. The van der Waals surface area contributed by atoms with Gasteiger partial charge >= 0.3 is 0 Å². The lowest BCUT2D eigenvalue weighted by Gasteiger charge is -2.31. The minimum Gasteiger partial charge on any atom is -0.508 e. The number of likely N-dealkylation sites (tertiary alicyclic amines) is 1. The van der Waals surface area contributed by atoms with Gasteiger partial charge in [0.1, 0.15) is 11.6 Å². The first-order valence-electron chi connectivity index (χ1n) is 10.3. The molecular formula is C26H27N3O2. The molecule has 5 heteroatoms. The van der Waals surface area contributed by atoms with Crippen LogP contribution in [0.1, 0.15) is 42.4 Å². The standard InChI is InChI=1S/C25H23N3O2.CH4/c29-21-10-11-22-23(16-21)27-24(26-22)19-12-14-28(15-13-19)25(30)20-8-6-18(7-9-20)17-4-2-1-3-5-17;/h1-11,16,19,29H,12-15H2,(H,26,27);1H4. The highest BCUT2D eigenvalue weighted by atomic mass is 16.3. The second kappa shape index (κ2) is 8.64. The van der Waals surface area contributed by atoms with Crippen LogP contribution in [-0.2, 0) is 0 Å². The van der Waals surface area contributed by atoms with E-state index in [2.05, 4.69) is 22.1 Å². The number of aromatic nitrogens is 2. The van der Waals surface area contributed by atoms with Gasteiger partial charge in [-0.15, -0.1) is 0 Å². The third kappa shape index (κ3) is 4.17. The quantitative estimate of drug-likeness (QED) is 0.460. The molecule has 4 aromatic rings. The van der Waals surface area contributed by atoms with Crippen LogP contribution in [0.4, 0.5) is 0 Å². The summed E-state index contributed by atoms with van der Waals surface area (Å²) in [4.78, 5) is 22.9. The normalized spacial score (nSPS) is 14.4. The molecule has 1 fully saturated rings. The van der Waals surface area contributed by atoms with Crippen molar-refractivity contribution in [3.8, 4) is 16.9 Å². The van der Waals surface area contributed by atoms with Crippen molar-refractivity contribution in [1.29, 1.82) is 0 Å². The molecule has 1 saturated heterocycles. The lowest BCUT2D eigenvalue weighted by atomic mass is 9.95. The summed E-state index contributed by atoms with van der Waals surface area (Å²) in [7, 11) is 0. The van der Waals surface area contributed by atoms with E-state index in [1.165, 1.54) is 0 Å². The topological polar surface area (TPSA) is 69.2 Å². The molecule has 0 atom stereocenters. The molecule has 0 spiro atoms. The predicted octanol–water partition coefficient (Wildman–Crippen LogP) is 5.59. The first kappa shape index (κ1) is 20.7. The molecule has 0 saturated carbocycles. The maximum absolute atomic E-state index is 12.9. The van der Waals surface area contributed by atoms with E-state index >= 15 is 0 Å². The fourth-order valence-corrected chi connectivity index (χ4v) is 4.19. The molecule has 1 aliphatic heterocycles. The zero-order valence-corrected chi connectivity index (χ0v) is 16.6. The molecular weight excluding hydrogens is 386 g/mol. The molecule has 0 radical (unpaired) electrons. The number of fused-ring (bicyclic) bond motifs is 1. The maximum Gasteiger partial charge on any atom is 0.253 e. The fourth-order valence-electron chi connectivity index (χ4n) is 4.19. The summed E-state index contributed by atoms with van der Waals surface area (Å²) in [6.45, 7) is 1.43. The molecule has 1 aromatic heterocycles. The molecule has 2 heterocycles. The van der Waals surface area contributed by atoms with E-state index in [9.17, 15) is 9.90 Å². The Morgan fingerprint density at radius 3 is 2.32 bits per heavy atom. The molecule has 5 nitrogen and oxygen atoms in total. The lowest BCUT2D eigenvalue weighted by Crippen LogP contribution is -2.38. The summed E-state index contributed by atoms with van der Waals surface area (Å²) in [5.74, 6) is 1.55. The second-order valence-corrected chi connectivity index (χ2v) is 7.83. The molecule has 5 rings (SSSR count). The number of amides is 1. The van der Waals surface area contributed by atoms with E-state index in [4.69, 9.17) is 0 Å². The first-order chi connectivity index (χ1) is 14.7. The van der Waals surface area contributed by atoms with Gasteiger partial charge in [-0.1, -0.05) is 49.9 Å². The number of piperidine rings is 1. The number of hydrogen-bond donors (Lipinski definition) is 2. The van der Waals surface area contributed by atoms with Gasteiger partial charge in [0.05, 0.1) is 11.0 Å². The molecule has 31 heavy (non-hydrogen) atoms. The Balaban J connectivity index is 0.00000231. The smallest absolute Gasteiger partial charge is 0.253 e. The van der Waals surface area contributed by atoms with E-state index in [0.717, 1.165) is 46.4 Å². The van der Waals surface area contributed by atoms with Crippen molar-refractivity contribution in [2.45, 2.75) is 26.2 Å². The number of rotatable bonds is 3. The average Bonchev–Trinajstić information content (AvgIpc) is 3.23. The van der Waals surface area contributed by atoms with Crippen LogP contribution in [0.15, 0.2) is 72.8 Å². The van der Waals surface area contributed by atoms with E-state index < -0.39 is 0 Å². The van der Waals surface area contributed by atoms with Crippen molar-refractivity contribution in [2.24, 2.45) is 0 Å². The summed E-state index contributed by atoms with van der Waals surface area (Å²) in [5, 5.41) is 9.64. The number of nitrogens with one attached hydrogen (secondary N) is 1. The lowest BCUT2D eigenvalue weighted by molar-refractivity contribution is 0.0711. The summed E-state index contributed by atoms with van der Waals surface area (Å²) < 4.78 is 0. The maximum atomic E-state index is 12.9. The molecule has 0 aliphatic carbocycles. The van der Waals surface area contributed by atoms with E-state index in [-0.39, 0.29) is 19.1 Å². The molecule has 0 unspecified atom stereocenters. The third-order valence-corrected chi connectivity index (χ3v) is 5.89. The number of phenols is 1. The van der Waals surface area contributed by atoms with Crippen molar-refractivity contribution in [3.05, 3.63) is 84.2 Å². The van der Waals surface area contributed by atoms with Crippen LogP contribution < -0.4 is 0 Å². The van der Waals surface area contributed by atoms with E-state index in [0.29, 0.717) is 19.0 Å². The molecule has 0 bridgehead atoms. The highest BCUT2D eigenvalue weighted by Crippen LogP contribution is 2.29. The van der Waals surface area contributed by atoms with Crippen LogP contribution in [-0.4, -0.2) is 39.0 Å². The summed E-state index contributed by atoms with van der Waals surface area (Å²) >= 11 is 0. The number of benzene rings is 3. The van der Waals surface area contributed by atoms with Crippen LogP contribution in [0.3, 0.4) is 0 Å². The second-order valence-electron chi connectivity index (χ2n) is 7.83. The van der Waals surface area contributed by atoms with Crippen molar-refractivity contribution in [2.75, 3.05) is 13.1 Å². The zero-order valence-electron chi connectivity index (χ0n) is 16.6. The summed E-state index contributed by atoms with van der Waals surface area (Å²) in [5.41, 5.74) is 4.70. The van der Waals surface area contributed by atoms with Gasteiger partial charge in [0.25, 0.3) is 5.91 Å². The zero-order chi connectivity index (χ0) is 20.5. The summed E-state index contributed by atoms with van der Waals surface area (Å²) in [6.07, 6.45) is 1.75. The highest BCUT2D eigenvalue weighted by molar-refractivity contribution is 5.94. The third-order valence-electron chi connectivity index (χ3n) is 5.89. The Labute approximate surface area is 182 Å². The minimum absolute atomic E-state index is 0. The van der Waals surface area contributed by atoms with E-state index in [1.807, 2.05) is 53.4 Å². The molecule has 3 aromatic carbocycles. The Hall–Kier alpha value is -3.60.